The maximum atomic E-state index is 13.3. The molecule has 0 atom stereocenters. The van der Waals surface area contributed by atoms with E-state index in [0.29, 0.717) is 48.6 Å². The molecule has 182 valence electrons. The van der Waals surface area contributed by atoms with E-state index in [1.807, 2.05) is 0 Å². The van der Waals surface area contributed by atoms with Gasteiger partial charge in [0.05, 0.1) is 5.56 Å². The van der Waals surface area contributed by atoms with Crippen LogP contribution in [0.25, 0.3) is 0 Å². The van der Waals surface area contributed by atoms with Gasteiger partial charge in [-0.1, -0.05) is 23.7 Å². The lowest BCUT2D eigenvalue weighted by molar-refractivity contribution is -0.137. The van der Waals surface area contributed by atoms with Crippen LogP contribution in [0.5, 0.6) is 5.75 Å². The van der Waals surface area contributed by atoms with Crippen molar-refractivity contribution in [3.63, 3.8) is 0 Å². The van der Waals surface area contributed by atoms with Gasteiger partial charge in [0.2, 0.25) is 0 Å². The zero-order chi connectivity index (χ0) is 24.7. The molecular weight excluding hydrogens is 471 g/mol. The highest BCUT2D eigenvalue weighted by Crippen LogP contribution is 2.39. The first-order valence-electron chi connectivity index (χ1n) is 11.0. The van der Waals surface area contributed by atoms with Crippen molar-refractivity contribution in [2.75, 3.05) is 19.6 Å². The Bertz CT molecular complexity index is 1080. The minimum atomic E-state index is -4.44. The molecule has 2 aliphatic rings. The van der Waals surface area contributed by atoms with Crippen LogP contribution in [0.15, 0.2) is 42.5 Å². The lowest BCUT2D eigenvalue weighted by atomic mass is 9.85. The highest BCUT2D eigenvalue weighted by atomic mass is 35.5. The minimum Gasteiger partial charge on any atom is -0.508 e. The SMILES string of the molecule is CCN1C(=O)N(Cc2ccc(C(F)(F)F)cc2)C2(CCN(Cc3cc(Cl)ccc3O)CC2)C1=O. The number of rotatable bonds is 5. The van der Waals surface area contributed by atoms with Crippen LogP contribution in [0, 0.1) is 0 Å². The van der Waals surface area contributed by atoms with Crippen LogP contribution in [0.3, 0.4) is 0 Å². The molecule has 1 N–H and O–H groups in total. The number of likely N-dealkylation sites (N-methyl/N-ethyl adjacent to an activating group) is 1. The summed E-state index contributed by atoms with van der Waals surface area (Å²) in [6, 6.07) is 9.08. The lowest BCUT2D eigenvalue weighted by Crippen LogP contribution is -2.56. The number of benzene rings is 2. The van der Waals surface area contributed by atoms with E-state index in [1.54, 1.807) is 19.1 Å². The van der Waals surface area contributed by atoms with Crippen LogP contribution in [0.4, 0.5) is 18.0 Å². The smallest absolute Gasteiger partial charge is 0.416 e. The van der Waals surface area contributed by atoms with Gasteiger partial charge in [0.25, 0.3) is 5.91 Å². The Morgan fingerprint density at radius 3 is 2.26 bits per heavy atom. The Hall–Kier alpha value is -2.78. The number of phenolic OH excluding ortho intramolecular Hbond substituents is 1. The van der Waals surface area contributed by atoms with Crippen LogP contribution in [-0.2, 0) is 24.1 Å². The quantitative estimate of drug-likeness (QED) is 0.600. The number of halogens is 4. The van der Waals surface area contributed by atoms with E-state index in [4.69, 9.17) is 11.6 Å². The number of carbonyl (C=O) groups excluding carboxylic acids is 2. The molecule has 2 aliphatic heterocycles. The second kappa shape index (κ2) is 9.11. The molecule has 1 spiro atoms. The molecule has 0 aromatic heterocycles. The van der Waals surface area contributed by atoms with Crippen LogP contribution >= 0.6 is 11.6 Å². The number of alkyl halides is 3. The number of nitrogens with zero attached hydrogens (tertiary/aromatic N) is 3. The number of aromatic hydroxyl groups is 1. The molecule has 34 heavy (non-hydrogen) atoms. The molecular formula is C24H25ClF3N3O3. The van der Waals surface area contributed by atoms with Crippen molar-refractivity contribution < 1.29 is 27.9 Å². The monoisotopic (exact) mass is 495 g/mol. The molecule has 0 unspecified atom stereocenters. The summed E-state index contributed by atoms with van der Waals surface area (Å²) in [7, 11) is 0. The van der Waals surface area contributed by atoms with E-state index in [-0.39, 0.29) is 24.7 Å². The molecule has 2 fully saturated rings. The van der Waals surface area contributed by atoms with Crippen molar-refractivity contribution in [3.8, 4) is 5.75 Å². The zero-order valence-electron chi connectivity index (χ0n) is 18.6. The summed E-state index contributed by atoms with van der Waals surface area (Å²) in [4.78, 5) is 31.2. The zero-order valence-corrected chi connectivity index (χ0v) is 19.4. The third kappa shape index (κ3) is 4.46. The standard InChI is InChI=1S/C24H25ClF3N3O3/c1-2-30-21(33)23(9-11-29(12-10-23)15-17-13-19(25)7-8-20(17)32)31(22(30)34)14-16-3-5-18(6-4-16)24(26,27)28/h3-8,13,32H,2,9-12,14-15H2,1H3. The van der Waals surface area contributed by atoms with E-state index < -0.39 is 23.3 Å². The Morgan fingerprint density at radius 2 is 1.68 bits per heavy atom. The van der Waals surface area contributed by atoms with Gasteiger partial charge in [0.1, 0.15) is 11.3 Å². The van der Waals surface area contributed by atoms with E-state index in [9.17, 15) is 27.9 Å². The third-order valence-electron chi connectivity index (χ3n) is 6.68. The van der Waals surface area contributed by atoms with Gasteiger partial charge in [0, 0.05) is 43.3 Å². The summed E-state index contributed by atoms with van der Waals surface area (Å²) < 4.78 is 38.8. The molecule has 0 radical (unpaired) electrons. The first-order valence-corrected chi connectivity index (χ1v) is 11.4. The van der Waals surface area contributed by atoms with Gasteiger partial charge in [-0.3, -0.25) is 14.6 Å². The van der Waals surface area contributed by atoms with Crippen molar-refractivity contribution in [2.45, 2.75) is 44.6 Å². The van der Waals surface area contributed by atoms with Gasteiger partial charge in [-0.15, -0.1) is 0 Å². The Balaban J connectivity index is 1.53. The molecule has 10 heteroatoms. The molecule has 3 amide bonds. The van der Waals surface area contributed by atoms with E-state index >= 15 is 0 Å². The van der Waals surface area contributed by atoms with Gasteiger partial charge >= 0.3 is 12.2 Å². The van der Waals surface area contributed by atoms with Crippen LogP contribution < -0.4 is 0 Å². The van der Waals surface area contributed by atoms with Crippen molar-refractivity contribution in [3.05, 3.63) is 64.2 Å². The largest absolute Gasteiger partial charge is 0.508 e. The van der Waals surface area contributed by atoms with E-state index in [1.165, 1.54) is 28.0 Å². The number of amides is 3. The molecule has 0 aliphatic carbocycles. The number of likely N-dealkylation sites (tertiary alicyclic amines) is 1. The average Bonchev–Trinajstić information content (AvgIpc) is 2.98. The third-order valence-corrected chi connectivity index (χ3v) is 6.91. The summed E-state index contributed by atoms with van der Waals surface area (Å²) in [6.45, 7) is 3.46. The minimum absolute atomic E-state index is 0.0499. The molecule has 0 saturated carbocycles. The van der Waals surface area contributed by atoms with E-state index in [2.05, 4.69) is 4.90 Å². The topological polar surface area (TPSA) is 64.1 Å². The first-order chi connectivity index (χ1) is 16.0. The van der Waals surface area contributed by atoms with Crippen LogP contribution in [-0.4, -0.2) is 56.9 Å². The van der Waals surface area contributed by atoms with Gasteiger partial charge in [-0.25, -0.2) is 4.79 Å². The second-order valence-corrected chi connectivity index (χ2v) is 9.13. The normalized spacial score (nSPS) is 18.9. The fourth-order valence-electron chi connectivity index (χ4n) is 4.75. The molecule has 2 aromatic rings. The number of imide groups is 1. The van der Waals surface area contributed by atoms with E-state index in [0.717, 1.165) is 12.1 Å². The maximum absolute atomic E-state index is 13.3. The van der Waals surface area contributed by atoms with Crippen molar-refractivity contribution in [1.29, 1.82) is 0 Å². The van der Waals surface area contributed by atoms with Crippen molar-refractivity contribution in [1.82, 2.24) is 14.7 Å². The average molecular weight is 496 g/mol. The fraction of sp³-hybridized carbons (Fsp3) is 0.417. The number of piperidine rings is 1. The molecule has 6 nitrogen and oxygen atoms in total. The summed E-state index contributed by atoms with van der Waals surface area (Å²) in [5.41, 5.74) is -0.600. The molecule has 2 heterocycles. The summed E-state index contributed by atoms with van der Waals surface area (Å²) >= 11 is 6.04. The maximum Gasteiger partial charge on any atom is 0.416 e. The predicted octanol–water partition coefficient (Wildman–Crippen LogP) is 4.88. The summed E-state index contributed by atoms with van der Waals surface area (Å²) in [6.07, 6.45) is -3.67. The van der Waals surface area contributed by atoms with Crippen molar-refractivity contribution in [2.24, 2.45) is 0 Å². The fourth-order valence-corrected chi connectivity index (χ4v) is 4.94. The van der Waals surface area contributed by atoms with Gasteiger partial charge in [0.15, 0.2) is 0 Å². The number of hydrogen-bond acceptors (Lipinski definition) is 4. The number of urea groups is 1. The highest BCUT2D eigenvalue weighted by Gasteiger charge is 2.57. The van der Waals surface area contributed by atoms with Crippen molar-refractivity contribution >= 4 is 23.5 Å². The summed E-state index contributed by atoms with van der Waals surface area (Å²) in [5, 5.41) is 10.6. The first kappa shape index (κ1) is 24.3. The molecule has 4 rings (SSSR count). The van der Waals surface area contributed by atoms with Crippen LogP contribution in [0.1, 0.15) is 36.5 Å². The predicted molar refractivity (Wildman–Crippen MR) is 120 cm³/mol. The van der Waals surface area contributed by atoms with Gasteiger partial charge < -0.3 is 10.0 Å². The lowest BCUT2D eigenvalue weighted by Gasteiger charge is -2.42. The highest BCUT2D eigenvalue weighted by molar-refractivity contribution is 6.30. The molecule has 0 bridgehead atoms. The number of carbonyl (C=O) groups is 2. The van der Waals surface area contributed by atoms with Gasteiger partial charge in [-0.2, -0.15) is 13.2 Å². The molecule has 2 aromatic carbocycles. The number of hydrogen-bond donors (Lipinski definition) is 1. The van der Waals surface area contributed by atoms with Crippen LogP contribution in [0.2, 0.25) is 5.02 Å². The van der Waals surface area contributed by atoms with Gasteiger partial charge in [-0.05, 0) is 55.7 Å². The Morgan fingerprint density at radius 1 is 1.03 bits per heavy atom. The Kier molecular flexibility index (Phi) is 6.52. The Labute approximate surface area is 200 Å². The summed E-state index contributed by atoms with van der Waals surface area (Å²) in [5.74, 6) is -0.130. The number of phenols is 1. The molecule has 2 saturated heterocycles. The second-order valence-electron chi connectivity index (χ2n) is 8.69.